The third-order valence-corrected chi connectivity index (χ3v) is 81.5. The molecule has 1 aromatic rings. The average molecular weight is 710 g/mol. The molecule has 0 saturated carbocycles. The van der Waals surface area contributed by atoms with Crippen LogP contribution in [0.5, 0.6) is 0 Å². The van der Waals surface area contributed by atoms with Crippen LogP contribution in [0.15, 0.2) is 12.1 Å². The van der Waals surface area contributed by atoms with E-state index in [1.807, 2.05) is 3.51 Å². The van der Waals surface area contributed by atoms with Crippen LogP contribution < -0.4 is 3.51 Å². The Morgan fingerprint density at radius 3 is 0.875 bits per heavy atom. The van der Waals surface area contributed by atoms with Crippen LogP contribution in [0, 0.1) is 0 Å². The molecular weight excluding hydrogens is 638 g/mol. The molecule has 0 unspecified atom stereocenters. The Hall–Kier alpha value is 0.689. The standard InChI is InChI=1S/C18H42Si3.C18H29.Sb/c1-15(2,3)20(13,16(4,5)6)19-21(14,17(7,8)9)18(10,11)12;1-16(2,3)13-10-14(17(4,5)6)12-15(11-13)18(7,8)9;/h1-14H3;10-11H,1-9H3;. The van der Waals surface area contributed by atoms with E-state index < -0.39 is 40.2 Å². The zero-order valence-corrected chi connectivity index (χ0v) is 37.2. The van der Waals surface area contributed by atoms with Gasteiger partial charge < -0.3 is 0 Å². The van der Waals surface area contributed by atoms with Gasteiger partial charge >= 0.3 is 267 Å². The molecule has 0 aromatic heterocycles. The Kier molecular flexibility index (Phi) is 10.9. The third kappa shape index (κ3) is 7.31. The quantitative estimate of drug-likeness (QED) is 0.274. The van der Waals surface area contributed by atoms with Gasteiger partial charge in [0.05, 0.1) is 0 Å². The monoisotopic (exact) mass is 708 g/mol. The average Bonchev–Trinajstić information content (AvgIpc) is 2.64. The van der Waals surface area contributed by atoms with Gasteiger partial charge in [0.1, 0.15) is 0 Å². The molecule has 0 nitrogen and oxygen atoms in total. The molecule has 0 amide bonds. The molecule has 4 heteroatoms. The molecule has 0 aliphatic rings. The van der Waals surface area contributed by atoms with Gasteiger partial charge in [0.2, 0.25) is 0 Å². The molecule has 1 aromatic carbocycles. The molecule has 0 atom stereocenters. The van der Waals surface area contributed by atoms with Crippen molar-refractivity contribution in [2.75, 3.05) is 0 Å². The first-order valence-electron chi connectivity index (χ1n) is 15.9. The number of hydrogen-bond donors (Lipinski definition) is 0. The predicted octanol–water partition coefficient (Wildman–Crippen LogP) is 11.4. The van der Waals surface area contributed by atoms with E-state index in [1.165, 1.54) is 5.56 Å². The van der Waals surface area contributed by atoms with Gasteiger partial charge in [-0.15, -0.1) is 0 Å². The second-order valence-corrected chi connectivity index (χ2v) is 56.8. The van der Waals surface area contributed by atoms with Gasteiger partial charge in [0.15, 0.2) is 0 Å². The summed E-state index contributed by atoms with van der Waals surface area (Å²) in [6.45, 7) is 59.6. The molecule has 0 aliphatic heterocycles. The van der Waals surface area contributed by atoms with E-state index in [0.717, 1.165) is 0 Å². The van der Waals surface area contributed by atoms with E-state index in [-0.39, 0.29) is 16.2 Å². The van der Waals surface area contributed by atoms with Gasteiger partial charge in [-0.25, -0.2) is 0 Å². The maximum atomic E-state index is 2.90. The Labute approximate surface area is 265 Å². The van der Waals surface area contributed by atoms with Gasteiger partial charge in [-0.1, -0.05) is 0 Å². The number of hydrogen-bond acceptors (Lipinski definition) is 0. The van der Waals surface area contributed by atoms with Gasteiger partial charge in [0.25, 0.3) is 0 Å². The van der Waals surface area contributed by atoms with E-state index in [2.05, 4.69) is 171 Å². The van der Waals surface area contributed by atoms with Crippen LogP contribution in [0.2, 0.25) is 33.2 Å². The van der Waals surface area contributed by atoms with Crippen LogP contribution in [0.3, 0.4) is 0 Å². The summed E-state index contributed by atoms with van der Waals surface area (Å²) in [5, 5.41) is 1.48. The van der Waals surface area contributed by atoms with Crippen molar-refractivity contribution in [2.45, 2.75) is 195 Å². The molecule has 0 heterocycles. The number of rotatable bonds is 3. The van der Waals surface area contributed by atoms with Crippen molar-refractivity contribution in [1.82, 2.24) is 0 Å². The molecule has 0 bridgehead atoms. The Bertz CT molecular complexity index is 987. The molecule has 40 heavy (non-hydrogen) atoms. The molecule has 0 spiro atoms. The van der Waals surface area contributed by atoms with Crippen LogP contribution in [0.25, 0.3) is 0 Å². The first kappa shape index (κ1) is 38.7. The summed E-state index contributed by atoms with van der Waals surface area (Å²) in [5.41, 5.74) is 5.32. The second kappa shape index (κ2) is 11.2. The van der Waals surface area contributed by atoms with Crippen molar-refractivity contribution in [1.29, 1.82) is 0 Å². The van der Waals surface area contributed by atoms with E-state index in [1.54, 1.807) is 11.1 Å². The molecule has 232 valence electrons. The number of benzene rings is 1. The first-order valence-corrected chi connectivity index (χ1v) is 29.4. The molecule has 0 fully saturated rings. The van der Waals surface area contributed by atoms with Gasteiger partial charge in [-0.3, -0.25) is 0 Å². The molecular formula is C36H71SbSi3. The van der Waals surface area contributed by atoms with Crippen molar-refractivity contribution in [3.05, 3.63) is 28.8 Å². The molecule has 1 rings (SSSR count). The third-order valence-electron chi connectivity index (χ3n) is 10.8. The van der Waals surface area contributed by atoms with E-state index in [4.69, 9.17) is 0 Å². The van der Waals surface area contributed by atoms with E-state index in [0.29, 0.717) is 20.2 Å². The maximum absolute atomic E-state index is 2.90. The zero-order chi connectivity index (χ0) is 32.5. The van der Waals surface area contributed by atoms with Crippen molar-refractivity contribution in [3.8, 4) is 0 Å². The molecule has 0 radical (unpaired) electrons. The first-order chi connectivity index (χ1) is 17.1. The fourth-order valence-electron chi connectivity index (χ4n) is 6.84. The van der Waals surface area contributed by atoms with Gasteiger partial charge in [-0.05, 0) is 0 Å². The summed E-state index contributed by atoms with van der Waals surface area (Å²) in [4.78, 5) is 0. The van der Waals surface area contributed by atoms with Crippen LogP contribution >= 0.6 is 0 Å². The van der Waals surface area contributed by atoms with Crippen molar-refractivity contribution >= 4 is 43.7 Å². The minimum absolute atomic E-state index is 0.141. The van der Waals surface area contributed by atoms with Crippen LogP contribution in [0.4, 0.5) is 0 Å². The summed E-state index contributed by atoms with van der Waals surface area (Å²) in [6.07, 6.45) is 0. The zero-order valence-electron chi connectivity index (χ0n) is 31.6. The minimum atomic E-state index is -1.80. The topological polar surface area (TPSA) is 0 Å². The van der Waals surface area contributed by atoms with Crippen molar-refractivity contribution in [2.24, 2.45) is 0 Å². The van der Waals surface area contributed by atoms with Crippen LogP contribution in [0.1, 0.15) is 162 Å². The Morgan fingerprint density at radius 2 is 0.700 bits per heavy atom. The summed E-state index contributed by atoms with van der Waals surface area (Å²) in [5.74, 6) is 0. The summed E-state index contributed by atoms with van der Waals surface area (Å²) < 4.78 is 1.19. The summed E-state index contributed by atoms with van der Waals surface area (Å²) in [7, 11) is -3.61. The van der Waals surface area contributed by atoms with Crippen molar-refractivity contribution in [3.63, 3.8) is 0 Å². The molecule has 0 saturated heterocycles. The van der Waals surface area contributed by atoms with Gasteiger partial charge in [-0.2, -0.15) is 0 Å². The Morgan fingerprint density at radius 1 is 0.450 bits per heavy atom. The fourth-order valence-corrected chi connectivity index (χ4v) is 108. The van der Waals surface area contributed by atoms with Gasteiger partial charge in [0, 0.05) is 0 Å². The second-order valence-electron chi connectivity index (χ2n) is 20.4. The van der Waals surface area contributed by atoms with Crippen LogP contribution in [-0.4, -0.2) is 40.2 Å². The molecule has 0 aliphatic carbocycles. The van der Waals surface area contributed by atoms with Crippen LogP contribution in [-0.2, 0) is 16.2 Å². The normalized spacial score (nSPS) is 15.4. The summed E-state index contributed by atoms with van der Waals surface area (Å²) >= 11 is -0.729. The molecule has 0 N–H and O–H groups in total. The van der Waals surface area contributed by atoms with E-state index in [9.17, 15) is 0 Å². The SMILES string of the molecule is CC(C)(C)c1cc(C(C)(C)C)[c]([Sb]=[Si]([Si](C)(C(C)(C)C)C(C)(C)C)[Si](C)(C(C)(C)C)C(C)(C)C)c(C(C)(C)C)c1. The Balaban J connectivity index is 4.86. The fraction of sp³-hybridized carbons (Fsp3) is 0.833. The summed E-state index contributed by atoms with van der Waals surface area (Å²) in [6, 6.07) is 5.33. The van der Waals surface area contributed by atoms with E-state index >= 15 is 0 Å². The predicted molar refractivity (Wildman–Crippen MR) is 196 cm³/mol. The van der Waals surface area contributed by atoms with Crippen molar-refractivity contribution < 1.29 is 0 Å².